The fourth-order valence-corrected chi connectivity index (χ4v) is 3.23. The molecule has 0 amide bonds. The Kier molecular flexibility index (Phi) is 4.02. The summed E-state index contributed by atoms with van der Waals surface area (Å²) in [6.45, 7) is 1.51. The molecule has 0 aliphatic carbocycles. The van der Waals surface area contributed by atoms with Crippen molar-refractivity contribution >= 4 is 11.0 Å². The summed E-state index contributed by atoms with van der Waals surface area (Å²) in [6, 6.07) is 28.9. The molecule has 3 nitrogen and oxygen atoms in total. The molecule has 0 aliphatic rings. The Morgan fingerprint density at radius 2 is 1.56 bits per heavy atom. The molecule has 0 fully saturated rings. The maximum atomic E-state index is 9.35. The van der Waals surface area contributed by atoms with Crippen molar-refractivity contribution in [2.75, 3.05) is 0 Å². The van der Waals surface area contributed by atoms with Crippen LogP contribution in [-0.4, -0.2) is 4.57 Å². The SMILES string of the molecule is N#Cc1ccccc1Cn1c[n+](Cc2ccccc2)c2ccccc21. The van der Waals surface area contributed by atoms with Gasteiger partial charge in [0.05, 0.1) is 11.6 Å². The second-order valence-corrected chi connectivity index (χ2v) is 6.11. The number of aromatic nitrogens is 2. The van der Waals surface area contributed by atoms with Gasteiger partial charge in [0.2, 0.25) is 6.33 Å². The standard InChI is InChI=1S/C22H18N3/c23-14-19-10-4-5-11-20(19)16-25-17-24(15-18-8-2-1-3-9-18)21-12-6-7-13-22(21)25/h1-13,17H,15-16H2/q+1. The second kappa shape index (κ2) is 6.62. The number of nitriles is 1. The van der Waals surface area contributed by atoms with Gasteiger partial charge in [-0.2, -0.15) is 5.26 Å². The van der Waals surface area contributed by atoms with E-state index in [1.54, 1.807) is 0 Å². The van der Waals surface area contributed by atoms with Gasteiger partial charge in [0.15, 0.2) is 11.0 Å². The Hall–Kier alpha value is -3.38. The van der Waals surface area contributed by atoms with Gasteiger partial charge in [0.1, 0.15) is 13.1 Å². The Balaban J connectivity index is 1.76. The van der Waals surface area contributed by atoms with Gasteiger partial charge in [-0.3, -0.25) is 0 Å². The number of imidazole rings is 1. The van der Waals surface area contributed by atoms with Gasteiger partial charge in [-0.25, -0.2) is 9.13 Å². The highest BCUT2D eigenvalue weighted by Crippen LogP contribution is 2.16. The van der Waals surface area contributed by atoms with E-state index in [4.69, 9.17) is 0 Å². The van der Waals surface area contributed by atoms with Crippen molar-refractivity contribution in [2.24, 2.45) is 0 Å². The highest BCUT2D eigenvalue weighted by atomic mass is 15.1. The van der Waals surface area contributed by atoms with E-state index in [0.717, 1.165) is 17.7 Å². The van der Waals surface area contributed by atoms with Crippen LogP contribution in [-0.2, 0) is 13.1 Å². The fourth-order valence-electron chi connectivity index (χ4n) is 3.23. The van der Waals surface area contributed by atoms with E-state index in [1.807, 2.05) is 30.3 Å². The minimum atomic E-state index is 0.687. The summed E-state index contributed by atoms with van der Waals surface area (Å²) in [4.78, 5) is 0. The summed E-state index contributed by atoms with van der Waals surface area (Å²) in [7, 11) is 0. The van der Waals surface area contributed by atoms with Gasteiger partial charge in [0, 0.05) is 5.56 Å². The number of hydrogen-bond acceptors (Lipinski definition) is 1. The summed E-state index contributed by atoms with van der Waals surface area (Å²) in [5.74, 6) is 0. The predicted molar refractivity (Wildman–Crippen MR) is 97.9 cm³/mol. The van der Waals surface area contributed by atoms with Crippen molar-refractivity contribution in [2.45, 2.75) is 13.1 Å². The molecule has 0 saturated heterocycles. The number of fused-ring (bicyclic) bond motifs is 1. The average molecular weight is 324 g/mol. The maximum absolute atomic E-state index is 9.35. The van der Waals surface area contributed by atoms with E-state index in [2.05, 4.69) is 70.1 Å². The molecule has 0 aliphatic heterocycles. The lowest BCUT2D eigenvalue weighted by Gasteiger charge is -2.01. The van der Waals surface area contributed by atoms with Gasteiger partial charge >= 0.3 is 0 Å². The molecule has 4 aromatic rings. The molecular weight excluding hydrogens is 306 g/mol. The van der Waals surface area contributed by atoms with E-state index in [-0.39, 0.29) is 0 Å². The first-order chi connectivity index (χ1) is 12.3. The van der Waals surface area contributed by atoms with Crippen molar-refractivity contribution in [1.82, 2.24) is 4.57 Å². The van der Waals surface area contributed by atoms with Crippen LogP contribution in [0.3, 0.4) is 0 Å². The summed E-state index contributed by atoms with van der Waals surface area (Å²) in [6.07, 6.45) is 2.14. The van der Waals surface area contributed by atoms with Crippen LogP contribution in [0.1, 0.15) is 16.7 Å². The van der Waals surface area contributed by atoms with E-state index >= 15 is 0 Å². The molecule has 1 aromatic heterocycles. The van der Waals surface area contributed by atoms with Gasteiger partial charge in [-0.1, -0.05) is 60.7 Å². The number of nitrogens with zero attached hydrogens (tertiary/aromatic N) is 3. The van der Waals surface area contributed by atoms with Crippen LogP contribution in [0.15, 0.2) is 85.2 Å². The highest BCUT2D eigenvalue weighted by molar-refractivity contribution is 5.71. The molecule has 3 heteroatoms. The van der Waals surface area contributed by atoms with Gasteiger partial charge in [-0.05, 0) is 23.8 Å². The molecule has 4 rings (SSSR count). The Labute approximate surface area is 147 Å². The molecule has 0 spiro atoms. The maximum Gasteiger partial charge on any atom is 0.245 e. The number of para-hydroxylation sites is 2. The smallest absolute Gasteiger partial charge is 0.226 e. The first kappa shape index (κ1) is 15.2. The molecule has 0 radical (unpaired) electrons. The largest absolute Gasteiger partial charge is 0.245 e. The third kappa shape index (κ3) is 3.02. The second-order valence-electron chi connectivity index (χ2n) is 6.11. The topological polar surface area (TPSA) is 32.6 Å². The van der Waals surface area contributed by atoms with Crippen LogP contribution < -0.4 is 4.57 Å². The summed E-state index contributed by atoms with van der Waals surface area (Å²) in [5.41, 5.74) is 5.41. The molecule has 0 unspecified atom stereocenters. The molecule has 0 atom stereocenters. The van der Waals surface area contributed by atoms with Gasteiger partial charge < -0.3 is 0 Å². The van der Waals surface area contributed by atoms with Crippen LogP contribution in [0, 0.1) is 11.3 Å². The van der Waals surface area contributed by atoms with Crippen molar-refractivity contribution in [3.8, 4) is 6.07 Å². The van der Waals surface area contributed by atoms with E-state index < -0.39 is 0 Å². The van der Waals surface area contributed by atoms with Crippen LogP contribution in [0.2, 0.25) is 0 Å². The Bertz CT molecular complexity index is 1060. The molecule has 0 bridgehead atoms. The van der Waals surface area contributed by atoms with Crippen molar-refractivity contribution in [1.29, 1.82) is 5.26 Å². The van der Waals surface area contributed by atoms with E-state index in [1.165, 1.54) is 16.6 Å². The fraction of sp³-hybridized carbons (Fsp3) is 0.0909. The van der Waals surface area contributed by atoms with Crippen LogP contribution in [0.4, 0.5) is 0 Å². The zero-order valence-electron chi connectivity index (χ0n) is 13.8. The van der Waals surface area contributed by atoms with Crippen LogP contribution in [0.5, 0.6) is 0 Å². The summed E-state index contributed by atoms with van der Waals surface area (Å²) >= 11 is 0. The molecule has 3 aromatic carbocycles. The van der Waals surface area contributed by atoms with Gasteiger partial charge in [0.25, 0.3) is 0 Å². The van der Waals surface area contributed by atoms with Crippen molar-refractivity contribution in [3.63, 3.8) is 0 Å². The summed E-state index contributed by atoms with van der Waals surface area (Å²) < 4.78 is 4.48. The minimum absolute atomic E-state index is 0.687. The normalized spacial score (nSPS) is 10.7. The lowest BCUT2D eigenvalue weighted by Crippen LogP contribution is -2.32. The first-order valence-electron chi connectivity index (χ1n) is 8.34. The molecule has 120 valence electrons. The molecular formula is C22H18N3+. The zero-order valence-corrected chi connectivity index (χ0v) is 13.8. The van der Waals surface area contributed by atoms with Crippen molar-refractivity contribution < 1.29 is 4.57 Å². The number of rotatable bonds is 4. The summed E-state index contributed by atoms with van der Waals surface area (Å²) in [5, 5.41) is 9.35. The van der Waals surface area contributed by atoms with E-state index in [9.17, 15) is 5.26 Å². The number of hydrogen-bond donors (Lipinski definition) is 0. The first-order valence-corrected chi connectivity index (χ1v) is 8.34. The predicted octanol–water partition coefficient (Wildman–Crippen LogP) is 3.90. The van der Waals surface area contributed by atoms with E-state index in [0.29, 0.717) is 6.54 Å². The van der Waals surface area contributed by atoms with Crippen LogP contribution in [0.25, 0.3) is 11.0 Å². The Morgan fingerprint density at radius 1 is 0.840 bits per heavy atom. The molecule has 0 saturated carbocycles. The lowest BCUT2D eigenvalue weighted by molar-refractivity contribution is -0.663. The lowest BCUT2D eigenvalue weighted by atomic mass is 10.1. The minimum Gasteiger partial charge on any atom is -0.226 e. The monoisotopic (exact) mass is 324 g/mol. The highest BCUT2D eigenvalue weighted by Gasteiger charge is 2.16. The van der Waals surface area contributed by atoms with Crippen molar-refractivity contribution in [3.05, 3.63) is 102 Å². The zero-order chi connectivity index (χ0) is 17.1. The number of benzene rings is 3. The average Bonchev–Trinajstić information content (AvgIpc) is 3.01. The van der Waals surface area contributed by atoms with Gasteiger partial charge in [-0.15, -0.1) is 0 Å². The Morgan fingerprint density at radius 3 is 2.40 bits per heavy atom. The third-order valence-electron chi connectivity index (χ3n) is 4.45. The molecule has 0 N–H and O–H groups in total. The van der Waals surface area contributed by atoms with Crippen LogP contribution >= 0.6 is 0 Å². The third-order valence-corrected chi connectivity index (χ3v) is 4.45. The molecule has 25 heavy (non-hydrogen) atoms. The molecule has 1 heterocycles. The quantitative estimate of drug-likeness (QED) is 0.524.